The van der Waals surface area contributed by atoms with E-state index in [2.05, 4.69) is 139 Å². The molecule has 2 spiro atoms. The Hall–Kier alpha value is -3.32. The quantitative estimate of drug-likeness (QED) is 0.209. The maximum Gasteiger partial charge on any atom is 0.0543 e. The summed E-state index contributed by atoms with van der Waals surface area (Å²) in [7, 11) is 0. The molecule has 0 aliphatic heterocycles. The second kappa shape index (κ2) is 9.42. The van der Waals surface area contributed by atoms with Gasteiger partial charge in [0.15, 0.2) is 0 Å². The summed E-state index contributed by atoms with van der Waals surface area (Å²) in [6.07, 6.45) is 10.8. The van der Waals surface area contributed by atoms with Crippen LogP contribution in [0.25, 0.3) is 11.1 Å². The lowest BCUT2D eigenvalue weighted by Gasteiger charge is -2.76. The van der Waals surface area contributed by atoms with Crippen LogP contribution in [0.3, 0.4) is 0 Å². The first-order valence-corrected chi connectivity index (χ1v) is 20.5. The highest BCUT2D eigenvalue weighted by molar-refractivity contribution is 5.96. The van der Waals surface area contributed by atoms with Crippen LogP contribution in [0.15, 0.2) is 78.9 Å². The Morgan fingerprint density at radius 1 is 0.510 bits per heavy atom. The average Bonchev–Trinajstić information content (AvgIpc) is 3.73. The van der Waals surface area contributed by atoms with E-state index in [1.54, 1.807) is 11.1 Å². The van der Waals surface area contributed by atoms with E-state index in [9.17, 15) is 0 Å². The molecule has 7 aliphatic carbocycles. The third kappa shape index (κ3) is 3.61. The molecule has 262 valence electrons. The molecule has 4 saturated carbocycles. The molecule has 0 heterocycles. The van der Waals surface area contributed by atoms with Gasteiger partial charge in [0, 0.05) is 22.4 Å². The van der Waals surface area contributed by atoms with E-state index in [0.717, 1.165) is 23.7 Å². The molecule has 0 amide bonds. The molecular weight excluding hydrogens is 615 g/mol. The maximum absolute atomic E-state index is 2.70. The van der Waals surface area contributed by atoms with Crippen molar-refractivity contribution in [3.05, 3.63) is 112 Å². The number of nitrogens with zero attached hydrogens (tertiary/aromatic N) is 1. The molecule has 2 bridgehead atoms. The molecule has 4 fully saturated rings. The van der Waals surface area contributed by atoms with Crippen molar-refractivity contribution in [2.45, 2.75) is 134 Å². The average molecular weight is 672 g/mol. The number of anilines is 3. The van der Waals surface area contributed by atoms with Gasteiger partial charge in [-0.3, -0.25) is 0 Å². The van der Waals surface area contributed by atoms with Gasteiger partial charge in [0.2, 0.25) is 0 Å². The highest BCUT2D eigenvalue weighted by Gasteiger charge is 2.84. The number of hydrogen-bond acceptors (Lipinski definition) is 1. The van der Waals surface area contributed by atoms with Gasteiger partial charge in [-0.25, -0.2) is 0 Å². The summed E-state index contributed by atoms with van der Waals surface area (Å²) in [5.74, 6) is 3.60. The molecule has 1 heteroatoms. The van der Waals surface area contributed by atoms with Gasteiger partial charge in [-0.2, -0.15) is 0 Å². The predicted octanol–water partition coefficient (Wildman–Crippen LogP) is 13.2. The molecule has 11 rings (SSSR count). The van der Waals surface area contributed by atoms with Gasteiger partial charge in [0.05, 0.1) is 5.69 Å². The topological polar surface area (TPSA) is 3.24 Å². The normalized spacial score (nSPS) is 34.0. The third-order valence-corrected chi connectivity index (χ3v) is 17.1. The Bertz CT molecular complexity index is 2100. The number of rotatable bonds is 3. The SMILES string of the molecule is CC1(C)CCC(C)(C)c2cc(N(c3ccc4c(c3)C(C)(C)CCC4(C)C)c3cccc4c3-c3ccccc3C43C4CC5CC6CC3C64C5)ccc21. The van der Waals surface area contributed by atoms with Gasteiger partial charge in [-0.05, 0) is 171 Å². The lowest BCUT2D eigenvalue weighted by atomic mass is 9.27. The van der Waals surface area contributed by atoms with Gasteiger partial charge < -0.3 is 4.90 Å². The van der Waals surface area contributed by atoms with Crippen molar-refractivity contribution in [2.24, 2.45) is 29.1 Å². The molecule has 6 unspecified atom stereocenters. The zero-order valence-electron chi connectivity index (χ0n) is 32.4. The standard InChI is InChI=1S/C50H57N/c1-45(2)20-22-47(5,6)39-27-32(16-18-36(39)45)51(33-17-19-37-40(28-33)48(7,8)23-21-46(37,3)4)41-15-11-14-38-44(41)34-12-9-10-13-35(34)50(38)42-25-30-24-31-26-43(50)49(31,42)29-30/h9-19,27-28,30-31,42-43H,20-26,29H2,1-8H3. The first-order chi connectivity index (χ1) is 24.2. The zero-order valence-corrected chi connectivity index (χ0v) is 32.4. The first-order valence-electron chi connectivity index (χ1n) is 20.5. The Kier molecular flexibility index (Phi) is 5.77. The minimum atomic E-state index is 0.145. The molecule has 6 atom stereocenters. The van der Waals surface area contributed by atoms with Crippen molar-refractivity contribution in [2.75, 3.05) is 4.90 Å². The van der Waals surface area contributed by atoms with E-state index in [1.807, 2.05) is 0 Å². The highest BCUT2D eigenvalue weighted by Crippen LogP contribution is 2.89. The molecular formula is C50H57N. The summed E-state index contributed by atoms with van der Waals surface area (Å²) in [6, 6.07) is 32.3. The van der Waals surface area contributed by atoms with E-state index in [4.69, 9.17) is 0 Å². The molecule has 4 aromatic rings. The van der Waals surface area contributed by atoms with Crippen LogP contribution in [-0.4, -0.2) is 0 Å². The third-order valence-electron chi connectivity index (χ3n) is 17.1. The summed E-state index contributed by atoms with van der Waals surface area (Å²) in [4.78, 5) is 2.70. The minimum absolute atomic E-state index is 0.145. The first kappa shape index (κ1) is 31.2. The van der Waals surface area contributed by atoms with Gasteiger partial charge in [0.1, 0.15) is 0 Å². The summed E-state index contributed by atoms with van der Waals surface area (Å²) in [5, 5.41) is 0. The van der Waals surface area contributed by atoms with Crippen LogP contribution >= 0.6 is 0 Å². The van der Waals surface area contributed by atoms with Crippen molar-refractivity contribution >= 4 is 17.1 Å². The Labute approximate surface area is 307 Å². The molecule has 0 saturated heterocycles. The fourth-order valence-electron chi connectivity index (χ4n) is 14.4. The summed E-state index contributed by atoms with van der Waals surface area (Å²) >= 11 is 0. The van der Waals surface area contributed by atoms with Gasteiger partial charge in [-0.15, -0.1) is 0 Å². The van der Waals surface area contributed by atoms with Crippen molar-refractivity contribution in [3.8, 4) is 11.1 Å². The van der Waals surface area contributed by atoms with Crippen LogP contribution in [-0.2, 0) is 27.1 Å². The van der Waals surface area contributed by atoms with Crippen LogP contribution in [0.1, 0.15) is 140 Å². The van der Waals surface area contributed by atoms with Gasteiger partial charge in [0.25, 0.3) is 0 Å². The van der Waals surface area contributed by atoms with E-state index in [1.165, 1.54) is 102 Å². The zero-order chi connectivity index (χ0) is 35.1. The summed E-state index contributed by atoms with van der Waals surface area (Å²) in [6.45, 7) is 19.7. The molecule has 4 aromatic carbocycles. The van der Waals surface area contributed by atoms with Crippen molar-refractivity contribution < 1.29 is 0 Å². The second-order valence-corrected chi connectivity index (χ2v) is 21.1. The van der Waals surface area contributed by atoms with Crippen LogP contribution < -0.4 is 4.90 Å². The second-order valence-electron chi connectivity index (χ2n) is 21.1. The van der Waals surface area contributed by atoms with Crippen LogP contribution in [0.4, 0.5) is 17.1 Å². The van der Waals surface area contributed by atoms with Crippen LogP contribution in [0.5, 0.6) is 0 Å². The van der Waals surface area contributed by atoms with Crippen LogP contribution in [0.2, 0.25) is 0 Å². The molecule has 0 aromatic heterocycles. The predicted molar refractivity (Wildman–Crippen MR) is 213 cm³/mol. The van der Waals surface area contributed by atoms with E-state index in [-0.39, 0.29) is 27.1 Å². The van der Waals surface area contributed by atoms with E-state index in [0.29, 0.717) is 5.41 Å². The monoisotopic (exact) mass is 671 g/mol. The lowest BCUT2D eigenvalue weighted by molar-refractivity contribution is -0.231. The van der Waals surface area contributed by atoms with Gasteiger partial charge in [-0.1, -0.05) is 104 Å². The lowest BCUT2D eigenvalue weighted by Crippen LogP contribution is -2.73. The number of hydrogen-bond donors (Lipinski definition) is 0. The number of benzene rings is 4. The Morgan fingerprint density at radius 3 is 1.67 bits per heavy atom. The molecule has 7 aliphatic rings. The Balaban J connectivity index is 1.17. The molecule has 0 N–H and O–H groups in total. The van der Waals surface area contributed by atoms with Gasteiger partial charge >= 0.3 is 0 Å². The molecule has 0 radical (unpaired) electrons. The van der Waals surface area contributed by atoms with E-state index < -0.39 is 0 Å². The summed E-state index contributed by atoms with van der Waals surface area (Å²) in [5.41, 5.74) is 18.0. The van der Waals surface area contributed by atoms with Crippen molar-refractivity contribution in [1.82, 2.24) is 0 Å². The number of fused-ring (bicyclic) bond motifs is 10. The largest absolute Gasteiger partial charge is 0.310 e. The minimum Gasteiger partial charge on any atom is -0.310 e. The Morgan fingerprint density at radius 2 is 1.06 bits per heavy atom. The smallest absolute Gasteiger partial charge is 0.0543 e. The van der Waals surface area contributed by atoms with Crippen molar-refractivity contribution in [1.29, 1.82) is 0 Å². The highest BCUT2D eigenvalue weighted by atomic mass is 15.1. The molecule has 1 nitrogen and oxygen atoms in total. The maximum atomic E-state index is 2.70. The molecule has 51 heavy (non-hydrogen) atoms. The van der Waals surface area contributed by atoms with E-state index >= 15 is 0 Å². The fraction of sp³-hybridized carbons (Fsp3) is 0.520. The fourth-order valence-corrected chi connectivity index (χ4v) is 14.4. The van der Waals surface area contributed by atoms with Crippen molar-refractivity contribution in [3.63, 3.8) is 0 Å². The van der Waals surface area contributed by atoms with Crippen LogP contribution in [0, 0.1) is 29.1 Å². The summed E-state index contributed by atoms with van der Waals surface area (Å²) < 4.78 is 0.